The minimum atomic E-state index is -3.34. The molecule has 2 aromatic rings. The first-order valence-electron chi connectivity index (χ1n) is 10.9. The maximum atomic E-state index is 15.2. The van der Waals surface area contributed by atoms with Crippen LogP contribution in [0, 0.1) is 18.6 Å². The highest BCUT2D eigenvalue weighted by molar-refractivity contribution is 8.04. The Morgan fingerprint density at radius 1 is 1.23 bits per heavy atom. The Balaban J connectivity index is 1.79. The molecule has 2 amide bonds. The lowest BCUT2D eigenvalue weighted by Crippen LogP contribution is -2.66. The molecule has 1 saturated heterocycles. The lowest BCUT2D eigenvalue weighted by Gasteiger charge is -2.50. The highest BCUT2D eigenvalue weighted by Gasteiger charge is 2.59. The summed E-state index contributed by atoms with van der Waals surface area (Å²) < 4.78 is 44.6. The van der Waals surface area contributed by atoms with Crippen LogP contribution >= 0.6 is 0 Å². The van der Waals surface area contributed by atoms with Crippen molar-refractivity contribution in [1.82, 2.24) is 20.0 Å². The third-order valence-corrected chi connectivity index (χ3v) is 10.9. The van der Waals surface area contributed by atoms with Crippen molar-refractivity contribution in [3.8, 4) is 0 Å². The third-order valence-electron chi connectivity index (χ3n) is 6.66. The number of nitrogens with zero attached hydrogens (tertiary/aromatic N) is 3. The number of nitrogens with one attached hydrogen (secondary N) is 3. The van der Waals surface area contributed by atoms with Crippen molar-refractivity contribution >= 4 is 33.8 Å². The number of pyridine rings is 2. The van der Waals surface area contributed by atoms with E-state index in [1.807, 2.05) is 0 Å². The Kier molecular flexibility index (Phi) is 5.96. The number of aromatic nitrogens is 2. The van der Waals surface area contributed by atoms with Gasteiger partial charge in [0.1, 0.15) is 40.2 Å². The fourth-order valence-corrected chi connectivity index (χ4v) is 8.45. The average Bonchev–Trinajstić information content (AvgIpc) is 3.18. The number of hydrogen-bond acceptors (Lipinski definition) is 6. The number of rotatable bonds is 3. The molecule has 0 saturated carbocycles. The van der Waals surface area contributed by atoms with Gasteiger partial charge in [-0.3, -0.25) is 24.0 Å². The Morgan fingerprint density at radius 2 is 1.94 bits per heavy atom. The van der Waals surface area contributed by atoms with Crippen molar-refractivity contribution in [1.29, 1.82) is 0 Å². The number of halogens is 2. The summed E-state index contributed by atoms with van der Waals surface area (Å²) in [6.45, 7) is 6.72. The topological polar surface area (TPSA) is 146 Å². The Hall–Kier alpha value is -3.32. The first kappa shape index (κ1) is 24.8. The van der Waals surface area contributed by atoms with Crippen molar-refractivity contribution in [2.45, 2.75) is 49.7 Å². The molecule has 0 bridgehead atoms. The van der Waals surface area contributed by atoms with Crippen LogP contribution in [0.15, 0.2) is 29.4 Å². The summed E-state index contributed by atoms with van der Waals surface area (Å²) in [5.74, 6) is -2.10. The molecule has 0 radical (unpaired) electrons. The van der Waals surface area contributed by atoms with Crippen molar-refractivity contribution in [2.75, 3.05) is 11.9 Å². The second kappa shape index (κ2) is 8.41. The normalized spacial score (nSPS) is 25.2. The van der Waals surface area contributed by atoms with Gasteiger partial charge in [-0.25, -0.2) is 23.5 Å². The van der Waals surface area contributed by atoms with Gasteiger partial charge in [-0.1, -0.05) is 0 Å². The Morgan fingerprint density at radius 3 is 2.60 bits per heavy atom. The first-order chi connectivity index (χ1) is 16.3. The Labute approximate surface area is 201 Å². The molecule has 0 aliphatic carbocycles. The molecule has 4 N–H and O–H groups in total. The second-order valence-corrected chi connectivity index (χ2v) is 12.6. The van der Waals surface area contributed by atoms with E-state index in [0.717, 1.165) is 18.3 Å². The first-order valence-corrected chi connectivity index (χ1v) is 12.6. The van der Waals surface area contributed by atoms with Gasteiger partial charge in [0, 0.05) is 6.54 Å². The van der Waals surface area contributed by atoms with E-state index in [2.05, 4.69) is 30.3 Å². The maximum absolute atomic E-state index is 15.2. The van der Waals surface area contributed by atoms with Crippen molar-refractivity contribution < 1.29 is 27.7 Å². The quantitative estimate of drug-likeness (QED) is 0.402. The zero-order valence-electron chi connectivity index (χ0n) is 19.5. The van der Waals surface area contributed by atoms with Gasteiger partial charge in [0.05, 0.1) is 16.2 Å². The summed E-state index contributed by atoms with van der Waals surface area (Å²) in [5, 5.41) is 13.4. The summed E-state index contributed by atoms with van der Waals surface area (Å²) in [6, 6.07) is 3.51. The second-order valence-electron chi connectivity index (χ2n) is 9.27. The number of hydrogen-bond donors (Lipinski definition) is 5. The van der Waals surface area contributed by atoms with Gasteiger partial charge in [0.2, 0.25) is 0 Å². The Bertz CT molecular complexity index is 1320. The molecule has 2 aliphatic heterocycles. The molecule has 0 unspecified atom stereocenters. The number of amidine groups is 1. The van der Waals surface area contributed by atoms with E-state index in [9.17, 15) is 23.3 Å². The molecule has 2 aliphatic rings. The van der Waals surface area contributed by atoms with Gasteiger partial charge in [-0.2, -0.15) is 0 Å². The van der Waals surface area contributed by atoms with Crippen LogP contribution in [0.5, 0.6) is 0 Å². The smallest absolute Gasteiger partial charge is 0.410 e. The largest absolute Gasteiger partial charge is 0.465 e. The molecule has 4 rings (SSSR count). The van der Waals surface area contributed by atoms with Gasteiger partial charge in [-0.05, 0) is 68.0 Å². The number of fused-ring (bicyclic) bond motifs is 1. The monoisotopic (exact) mass is 508 g/mol. The van der Waals surface area contributed by atoms with E-state index in [1.165, 1.54) is 13.0 Å². The van der Waals surface area contributed by atoms with Crippen LogP contribution in [0.25, 0.3) is 0 Å². The maximum Gasteiger partial charge on any atom is 0.410 e. The summed E-state index contributed by atoms with van der Waals surface area (Å²) in [4.78, 5) is 36.8. The van der Waals surface area contributed by atoms with E-state index in [1.54, 1.807) is 20.8 Å². The zero-order chi connectivity index (χ0) is 25.8. The van der Waals surface area contributed by atoms with Gasteiger partial charge < -0.3 is 10.4 Å². The highest BCUT2D eigenvalue weighted by Crippen LogP contribution is 2.48. The van der Waals surface area contributed by atoms with Gasteiger partial charge >= 0.3 is 6.09 Å². The number of anilines is 1. The molecule has 13 heteroatoms. The standard InChI is InChI=1S/C22H26F2N6O4S/c1-11-9-12(23)10-25-16(11)18(31)28-15-6-5-13(24)17(27-15)22(4)14-7-8-26-35(14,34)21(2,3)19(30-22)29-20(32)33/h5-6,9-10,14,35H,7-8H2,1-4H3,(H,26,34)(H,29,30)(H,32,33)(H,27,28,31)/t14-,22+/m1/s1. The fraction of sp³-hybridized carbons (Fsp3) is 0.409. The van der Waals surface area contributed by atoms with Crippen LogP contribution in [0.4, 0.5) is 19.4 Å². The van der Waals surface area contributed by atoms with Crippen molar-refractivity contribution in [2.24, 2.45) is 4.99 Å². The van der Waals surface area contributed by atoms with E-state index in [0.29, 0.717) is 18.5 Å². The molecule has 2 atom stereocenters. The van der Waals surface area contributed by atoms with Crippen LogP contribution in [0.2, 0.25) is 0 Å². The van der Waals surface area contributed by atoms with Gasteiger partial charge in [0.15, 0.2) is 0 Å². The van der Waals surface area contributed by atoms with Crippen LogP contribution in [0.1, 0.15) is 48.9 Å². The molecule has 0 aromatic carbocycles. The number of amides is 2. The summed E-state index contributed by atoms with van der Waals surface area (Å²) >= 11 is 0. The number of aryl methyl sites for hydroxylation is 1. The number of carboxylic acid groups (broad SMARTS) is 1. The number of carbonyl (C=O) groups is 2. The molecule has 1 fully saturated rings. The molecular weight excluding hydrogens is 482 g/mol. The number of aliphatic imine (C=N–C) groups is 1. The molecule has 2 aromatic heterocycles. The van der Waals surface area contributed by atoms with Gasteiger partial charge in [0.25, 0.3) is 5.91 Å². The summed E-state index contributed by atoms with van der Waals surface area (Å²) in [6.07, 6.45) is -0.0793. The molecular formula is C22H26F2N6O4S. The van der Waals surface area contributed by atoms with E-state index >= 15 is 4.39 Å². The molecule has 188 valence electrons. The predicted octanol–water partition coefficient (Wildman–Crippen LogP) is 2.28. The third kappa shape index (κ3) is 3.97. The zero-order valence-corrected chi connectivity index (χ0v) is 20.4. The molecule has 10 nitrogen and oxygen atoms in total. The van der Waals surface area contributed by atoms with Crippen LogP contribution < -0.4 is 15.4 Å². The highest BCUT2D eigenvalue weighted by atomic mass is 32.3. The van der Waals surface area contributed by atoms with E-state index in [-0.39, 0.29) is 23.0 Å². The number of carbonyl (C=O) groups excluding carboxylic acids is 1. The number of thiol groups is 1. The SMILES string of the molecule is Cc1cc(F)cnc1C(=O)Nc1ccc(F)c([C@@]2(C)N=C(NC(=O)O)C(C)(C)[SH]3(=O)NCC[C@H]23)n1. The molecule has 35 heavy (non-hydrogen) atoms. The lowest BCUT2D eigenvalue weighted by molar-refractivity contribution is 0.102. The van der Waals surface area contributed by atoms with Crippen molar-refractivity contribution in [3.63, 3.8) is 0 Å². The average molecular weight is 509 g/mol. The van der Waals surface area contributed by atoms with Crippen LogP contribution in [0.3, 0.4) is 0 Å². The van der Waals surface area contributed by atoms with E-state index in [4.69, 9.17) is 0 Å². The molecule has 4 heterocycles. The predicted molar refractivity (Wildman–Crippen MR) is 127 cm³/mol. The minimum absolute atomic E-state index is 0.0216. The van der Waals surface area contributed by atoms with E-state index < -0.39 is 49.3 Å². The minimum Gasteiger partial charge on any atom is -0.465 e. The van der Waals surface area contributed by atoms with Crippen molar-refractivity contribution in [3.05, 3.63) is 53.0 Å². The summed E-state index contributed by atoms with van der Waals surface area (Å²) in [7, 11) is -3.34. The van der Waals surface area contributed by atoms with Crippen LogP contribution in [-0.4, -0.2) is 53.7 Å². The summed E-state index contributed by atoms with van der Waals surface area (Å²) in [5.41, 5.74) is -1.41. The molecule has 0 spiro atoms. The lowest BCUT2D eigenvalue weighted by atomic mass is 9.89. The fourth-order valence-electron chi connectivity index (χ4n) is 4.80. The van der Waals surface area contributed by atoms with Crippen LogP contribution in [-0.2, 0) is 15.7 Å². The van der Waals surface area contributed by atoms with Gasteiger partial charge in [-0.15, -0.1) is 0 Å².